The van der Waals surface area contributed by atoms with Crippen LogP contribution in [-0.2, 0) is 33.4 Å². The van der Waals surface area contributed by atoms with Gasteiger partial charge in [-0.15, -0.1) is 0 Å². The molecule has 23 heavy (non-hydrogen) atoms. The number of ether oxygens (including phenoxy) is 3. The molecule has 1 rings (SSSR count). The second-order valence-corrected chi connectivity index (χ2v) is 4.69. The number of dihydropyridines is 1. The summed E-state index contributed by atoms with van der Waals surface area (Å²) in [5, 5.41) is 2.82. The van der Waals surface area contributed by atoms with Crippen molar-refractivity contribution in [1.82, 2.24) is 5.32 Å². The van der Waals surface area contributed by atoms with Crippen LogP contribution in [0.2, 0.25) is 0 Å². The largest absolute Gasteiger partial charge is 0.466 e. The zero-order valence-electron chi connectivity index (χ0n) is 13.2. The van der Waals surface area contributed by atoms with Crippen LogP contribution in [0.3, 0.4) is 0 Å². The second-order valence-electron chi connectivity index (χ2n) is 4.69. The molecule has 0 atom stereocenters. The van der Waals surface area contributed by atoms with Crippen molar-refractivity contribution >= 4 is 23.8 Å². The monoisotopic (exact) mass is 326 g/mol. The molecule has 1 heterocycles. The van der Waals surface area contributed by atoms with E-state index in [0.717, 1.165) is 14.2 Å². The SMILES string of the molecule is COC(=O)C1=C(C)NC(C)=C(C(=O)OC)C1C(=O)OCC(N)=O. The van der Waals surface area contributed by atoms with E-state index in [2.05, 4.69) is 14.8 Å². The molecule has 126 valence electrons. The Bertz CT molecular complexity index is 581. The van der Waals surface area contributed by atoms with Crippen molar-refractivity contribution in [3.8, 4) is 0 Å². The van der Waals surface area contributed by atoms with Crippen LogP contribution in [0.25, 0.3) is 0 Å². The molecule has 0 spiro atoms. The van der Waals surface area contributed by atoms with Crippen LogP contribution < -0.4 is 11.1 Å². The molecule has 1 aliphatic heterocycles. The van der Waals surface area contributed by atoms with Crippen molar-refractivity contribution in [1.29, 1.82) is 0 Å². The summed E-state index contributed by atoms with van der Waals surface area (Å²) in [7, 11) is 2.27. The first-order valence-corrected chi connectivity index (χ1v) is 6.54. The van der Waals surface area contributed by atoms with Crippen molar-refractivity contribution in [3.05, 3.63) is 22.5 Å². The molecule has 0 aliphatic carbocycles. The highest BCUT2D eigenvalue weighted by molar-refractivity contribution is 6.05. The van der Waals surface area contributed by atoms with E-state index in [4.69, 9.17) is 10.5 Å². The number of hydrogen-bond acceptors (Lipinski definition) is 8. The maximum Gasteiger partial charge on any atom is 0.336 e. The van der Waals surface area contributed by atoms with Crippen LogP contribution >= 0.6 is 0 Å². The Morgan fingerprint density at radius 3 is 1.78 bits per heavy atom. The second kappa shape index (κ2) is 7.43. The van der Waals surface area contributed by atoms with E-state index >= 15 is 0 Å². The molecule has 0 saturated carbocycles. The Kier molecular flexibility index (Phi) is 5.88. The molecular formula is C14H18N2O7. The van der Waals surface area contributed by atoms with Gasteiger partial charge in [-0.05, 0) is 13.8 Å². The number of hydrogen-bond donors (Lipinski definition) is 2. The highest BCUT2D eigenvalue weighted by Crippen LogP contribution is 2.32. The van der Waals surface area contributed by atoms with Gasteiger partial charge in [0.05, 0.1) is 25.4 Å². The molecule has 0 aromatic carbocycles. The standard InChI is InChI=1S/C14H18N2O7/c1-6-9(12(18)21-3)11(14(20)23-5-8(15)17)10(7(2)16-6)13(19)22-4/h11,16H,5H2,1-4H3,(H2,15,17). The fraction of sp³-hybridized carbons (Fsp3) is 0.429. The van der Waals surface area contributed by atoms with Gasteiger partial charge in [-0.3, -0.25) is 9.59 Å². The maximum atomic E-state index is 12.3. The van der Waals surface area contributed by atoms with Crippen molar-refractivity contribution in [2.45, 2.75) is 13.8 Å². The van der Waals surface area contributed by atoms with Gasteiger partial charge < -0.3 is 25.3 Å². The van der Waals surface area contributed by atoms with Gasteiger partial charge in [0.2, 0.25) is 0 Å². The molecule has 0 saturated heterocycles. The lowest BCUT2D eigenvalue weighted by molar-refractivity contribution is -0.153. The highest BCUT2D eigenvalue weighted by atomic mass is 16.5. The van der Waals surface area contributed by atoms with E-state index < -0.39 is 36.3 Å². The lowest BCUT2D eigenvalue weighted by Crippen LogP contribution is -2.38. The summed E-state index contributed by atoms with van der Waals surface area (Å²) in [5.74, 6) is -4.86. The zero-order chi connectivity index (χ0) is 17.7. The van der Waals surface area contributed by atoms with Gasteiger partial charge in [0.1, 0.15) is 5.92 Å². The fourth-order valence-electron chi connectivity index (χ4n) is 2.22. The summed E-state index contributed by atoms with van der Waals surface area (Å²) >= 11 is 0. The van der Waals surface area contributed by atoms with Gasteiger partial charge in [-0.2, -0.15) is 0 Å². The van der Waals surface area contributed by atoms with Crippen molar-refractivity contribution in [2.24, 2.45) is 11.7 Å². The first-order chi connectivity index (χ1) is 10.7. The summed E-state index contributed by atoms with van der Waals surface area (Å²) in [6, 6.07) is 0. The van der Waals surface area contributed by atoms with E-state index in [-0.39, 0.29) is 11.1 Å². The van der Waals surface area contributed by atoms with E-state index in [1.54, 1.807) is 0 Å². The quantitative estimate of drug-likeness (QED) is 0.492. The molecule has 1 amide bonds. The van der Waals surface area contributed by atoms with Crippen molar-refractivity contribution < 1.29 is 33.4 Å². The minimum absolute atomic E-state index is 0.104. The molecule has 3 N–H and O–H groups in total. The van der Waals surface area contributed by atoms with Gasteiger partial charge in [0, 0.05) is 11.4 Å². The molecule has 0 aromatic rings. The first kappa shape index (κ1) is 18.2. The van der Waals surface area contributed by atoms with Crippen LogP contribution in [0.15, 0.2) is 22.5 Å². The topological polar surface area (TPSA) is 134 Å². The van der Waals surface area contributed by atoms with Crippen LogP contribution in [0, 0.1) is 5.92 Å². The molecule has 0 aromatic heterocycles. The number of primary amides is 1. The lowest BCUT2D eigenvalue weighted by atomic mass is 9.85. The van der Waals surface area contributed by atoms with E-state index in [9.17, 15) is 19.2 Å². The zero-order valence-corrected chi connectivity index (χ0v) is 13.2. The smallest absolute Gasteiger partial charge is 0.336 e. The summed E-state index contributed by atoms with van der Waals surface area (Å²) in [4.78, 5) is 47.1. The Hall–Kier alpha value is -2.84. The van der Waals surface area contributed by atoms with Gasteiger partial charge in [-0.25, -0.2) is 9.59 Å². The number of esters is 3. The van der Waals surface area contributed by atoms with Gasteiger partial charge in [0.15, 0.2) is 6.61 Å². The van der Waals surface area contributed by atoms with E-state index in [1.165, 1.54) is 13.8 Å². The molecule has 0 bridgehead atoms. The Balaban J connectivity index is 3.36. The Labute approximate surface area is 132 Å². The lowest BCUT2D eigenvalue weighted by Gasteiger charge is -2.28. The highest BCUT2D eigenvalue weighted by Gasteiger charge is 2.42. The molecule has 0 fully saturated rings. The van der Waals surface area contributed by atoms with Crippen molar-refractivity contribution in [3.63, 3.8) is 0 Å². The average Bonchev–Trinajstić information content (AvgIpc) is 2.50. The maximum absolute atomic E-state index is 12.3. The number of nitrogens with one attached hydrogen (secondary N) is 1. The number of allylic oxidation sites excluding steroid dienone is 2. The average molecular weight is 326 g/mol. The molecular weight excluding hydrogens is 308 g/mol. The molecule has 9 heteroatoms. The third-order valence-electron chi connectivity index (χ3n) is 3.16. The minimum atomic E-state index is -1.38. The Morgan fingerprint density at radius 2 is 1.43 bits per heavy atom. The number of nitrogens with two attached hydrogens (primary N) is 1. The first-order valence-electron chi connectivity index (χ1n) is 6.54. The molecule has 0 unspecified atom stereocenters. The number of methoxy groups -OCH3 is 2. The van der Waals surface area contributed by atoms with E-state index in [1.807, 2.05) is 0 Å². The summed E-state index contributed by atoms with van der Waals surface area (Å²) in [5.41, 5.74) is 5.37. The third kappa shape index (κ3) is 3.87. The minimum Gasteiger partial charge on any atom is -0.466 e. The van der Waals surface area contributed by atoms with Crippen LogP contribution in [0.1, 0.15) is 13.8 Å². The van der Waals surface area contributed by atoms with E-state index in [0.29, 0.717) is 11.4 Å². The summed E-state index contributed by atoms with van der Waals surface area (Å²) in [6.07, 6.45) is 0. The molecule has 1 aliphatic rings. The van der Waals surface area contributed by atoms with Gasteiger partial charge >= 0.3 is 17.9 Å². The predicted octanol–water partition coefficient (Wildman–Crippen LogP) is -0.872. The normalized spacial score (nSPS) is 15.0. The molecule has 0 radical (unpaired) electrons. The van der Waals surface area contributed by atoms with Crippen LogP contribution in [0.4, 0.5) is 0 Å². The van der Waals surface area contributed by atoms with Gasteiger partial charge in [0.25, 0.3) is 5.91 Å². The summed E-state index contributed by atoms with van der Waals surface area (Å²) in [6.45, 7) is 2.40. The predicted molar refractivity (Wildman–Crippen MR) is 76.2 cm³/mol. The third-order valence-corrected chi connectivity index (χ3v) is 3.16. The molecule has 9 nitrogen and oxygen atoms in total. The van der Waals surface area contributed by atoms with Crippen LogP contribution in [0.5, 0.6) is 0 Å². The number of rotatable bonds is 5. The summed E-state index contributed by atoms with van der Waals surface area (Å²) < 4.78 is 14.1. The fourth-order valence-corrected chi connectivity index (χ4v) is 2.22. The van der Waals surface area contributed by atoms with Crippen molar-refractivity contribution in [2.75, 3.05) is 20.8 Å². The van der Waals surface area contributed by atoms with Gasteiger partial charge in [-0.1, -0.05) is 0 Å². The number of carbonyl (C=O) groups excluding carboxylic acids is 4. The number of amides is 1. The Morgan fingerprint density at radius 1 is 1.00 bits per heavy atom. The van der Waals surface area contributed by atoms with Crippen LogP contribution in [-0.4, -0.2) is 44.6 Å². The number of carbonyl (C=O) groups is 4.